The number of ether oxygens (including phenoxy) is 1. The lowest BCUT2D eigenvalue weighted by atomic mass is 10.2. The standard InChI is InChI=1S/C23H26N4O3/c1-18-15-20(25-30-18)16-26-11-13-27(14-12-26)17-23(28)24-19-7-9-22(10-8-19)29-21-5-3-2-4-6-21/h2-10,15H,11-14,16-17H2,1H3,(H,24,28). The Balaban J connectivity index is 1.20. The van der Waals surface area contributed by atoms with E-state index < -0.39 is 0 Å². The number of rotatable bonds is 7. The molecule has 1 saturated heterocycles. The molecule has 0 saturated carbocycles. The van der Waals surface area contributed by atoms with Gasteiger partial charge in [-0.05, 0) is 43.3 Å². The molecule has 7 heteroatoms. The van der Waals surface area contributed by atoms with Gasteiger partial charge in [0, 0.05) is 44.5 Å². The predicted octanol–water partition coefficient (Wildman–Crippen LogP) is 3.53. The molecule has 1 aliphatic rings. The lowest BCUT2D eigenvalue weighted by Gasteiger charge is -2.33. The van der Waals surface area contributed by atoms with Gasteiger partial charge in [-0.3, -0.25) is 14.6 Å². The highest BCUT2D eigenvalue weighted by Crippen LogP contribution is 2.22. The van der Waals surface area contributed by atoms with Crippen LogP contribution in [0.2, 0.25) is 0 Å². The number of anilines is 1. The Morgan fingerprint density at radius 3 is 2.33 bits per heavy atom. The molecule has 0 aliphatic carbocycles. The number of carbonyl (C=O) groups is 1. The molecule has 0 bridgehead atoms. The van der Waals surface area contributed by atoms with Gasteiger partial charge in [0.05, 0.1) is 12.2 Å². The Morgan fingerprint density at radius 2 is 1.67 bits per heavy atom. The van der Waals surface area contributed by atoms with Crippen molar-refractivity contribution < 1.29 is 14.1 Å². The number of carbonyl (C=O) groups excluding carboxylic acids is 1. The molecular weight excluding hydrogens is 380 g/mol. The summed E-state index contributed by atoms with van der Waals surface area (Å²) < 4.78 is 10.9. The average Bonchev–Trinajstić information content (AvgIpc) is 3.16. The van der Waals surface area contributed by atoms with Crippen LogP contribution in [0.3, 0.4) is 0 Å². The van der Waals surface area contributed by atoms with Crippen molar-refractivity contribution in [2.24, 2.45) is 0 Å². The molecule has 1 aliphatic heterocycles. The van der Waals surface area contributed by atoms with Crippen molar-refractivity contribution in [1.82, 2.24) is 15.0 Å². The van der Waals surface area contributed by atoms with Gasteiger partial charge < -0.3 is 14.6 Å². The van der Waals surface area contributed by atoms with Crippen LogP contribution in [-0.2, 0) is 11.3 Å². The second-order valence-electron chi connectivity index (χ2n) is 7.47. The summed E-state index contributed by atoms with van der Waals surface area (Å²) in [5, 5.41) is 7.01. The highest BCUT2D eigenvalue weighted by atomic mass is 16.5. The number of amides is 1. The minimum Gasteiger partial charge on any atom is -0.457 e. The number of nitrogens with zero attached hydrogens (tertiary/aromatic N) is 3. The second kappa shape index (κ2) is 9.56. The minimum atomic E-state index is -0.00713. The fraction of sp³-hybridized carbons (Fsp3) is 0.304. The number of nitrogens with one attached hydrogen (secondary N) is 1. The lowest BCUT2D eigenvalue weighted by Crippen LogP contribution is -2.48. The summed E-state index contributed by atoms with van der Waals surface area (Å²) in [5.74, 6) is 2.34. The van der Waals surface area contributed by atoms with Crippen molar-refractivity contribution >= 4 is 11.6 Å². The van der Waals surface area contributed by atoms with E-state index in [0.717, 1.165) is 61.4 Å². The van der Waals surface area contributed by atoms with Crippen LogP contribution >= 0.6 is 0 Å². The first-order valence-corrected chi connectivity index (χ1v) is 10.1. The summed E-state index contributed by atoms with van der Waals surface area (Å²) >= 11 is 0. The van der Waals surface area contributed by atoms with Crippen LogP contribution in [0.15, 0.2) is 65.2 Å². The minimum absolute atomic E-state index is 0.00713. The summed E-state index contributed by atoms with van der Waals surface area (Å²) in [6, 6.07) is 19.0. The maximum atomic E-state index is 12.4. The molecule has 1 amide bonds. The Morgan fingerprint density at radius 1 is 1.00 bits per heavy atom. The third-order valence-corrected chi connectivity index (χ3v) is 5.01. The maximum Gasteiger partial charge on any atom is 0.238 e. The first-order valence-electron chi connectivity index (χ1n) is 10.1. The van der Waals surface area contributed by atoms with E-state index in [4.69, 9.17) is 9.26 Å². The predicted molar refractivity (Wildman–Crippen MR) is 115 cm³/mol. The smallest absolute Gasteiger partial charge is 0.238 e. The van der Waals surface area contributed by atoms with Crippen molar-refractivity contribution in [3.63, 3.8) is 0 Å². The van der Waals surface area contributed by atoms with Gasteiger partial charge in [-0.15, -0.1) is 0 Å². The molecule has 156 valence electrons. The van der Waals surface area contributed by atoms with Crippen molar-refractivity contribution in [1.29, 1.82) is 0 Å². The number of hydrogen-bond donors (Lipinski definition) is 1. The molecule has 2 heterocycles. The lowest BCUT2D eigenvalue weighted by molar-refractivity contribution is -0.117. The van der Waals surface area contributed by atoms with Crippen LogP contribution in [0.5, 0.6) is 11.5 Å². The van der Waals surface area contributed by atoms with Gasteiger partial charge in [0.1, 0.15) is 17.3 Å². The van der Waals surface area contributed by atoms with E-state index in [2.05, 4.69) is 20.3 Å². The monoisotopic (exact) mass is 406 g/mol. The molecule has 3 aromatic rings. The molecule has 2 aromatic carbocycles. The number of aryl methyl sites for hydroxylation is 1. The van der Waals surface area contributed by atoms with Gasteiger partial charge in [0.2, 0.25) is 5.91 Å². The van der Waals surface area contributed by atoms with Crippen LogP contribution in [0.4, 0.5) is 5.69 Å². The molecular formula is C23H26N4O3. The van der Waals surface area contributed by atoms with E-state index >= 15 is 0 Å². The van der Waals surface area contributed by atoms with E-state index in [1.807, 2.05) is 67.6 Å². The largest absolute Gasteiger partial charge is 0.457 e. The van der Waals surface area contributed by atoms with Gasteiger partial charge in [-0.2, -0.15) is 0 Å². The quantitative estimate of drug-likeness (QED) is 0.647. The first kappa shape index (κ1) is 20.1. The van der Waals surface area contributed by atoms with E-state index in [0.29, 0.717) is 6.54 Å². The number of piperazine rings is 1. The Hall–Kier alpha value is -3.16. The van der Waals surface area contributed by atoms with Crippen molar-refractivity contribution in [2.45, 2.75) is 13.5 Å². The Kier molecular flexibility index (Phi) is 6.41. The summed E-state index contributed by atoms with van der Waals surface area (Å²) in [6.07, 6.45) is 0. The summed E-state index contributed by atoms with van der Waals surface area (Å²) in [4.78, 5) is 16.9. The van der Waals surface area contributed by atoms with Gasteiger partial charge in [0.25, 0.3) is 0 Å². The zero-order valence-corrected chi connectivity index (χ0v) is 17.1. The number of aromatic nitrogens is 1. The highest BCUT2D eigenvalue weighted by Gasteiger charge is 2.20. The molecule has 0 spiro atoms. The zero-order valence-electron chi connectivity index (χ0n) is 17.1. The van der Waals surface area contributed by atoms with Crippen LogP contribution in [0, 0.1) is 6.92 Å². The number of hydrogen-bond acceptors (Lipinski definition) is 6. The molecule has 0 atom stereocenters. The van der Waals surface area contributed by atoms with E-state index in [1.165, 1.54) is 0 Å². The summed E-state index contributed by atoms with van der Waals surface area (Å²) in [7, 11) is 0. The Bertz CT molecular complexity index is 948. The molecule has 7 nitrogen and oxygen atoms in total. The van der Waals surface area contributed by atoms with Crippen LogP contribution in [0.1, 0.15) is 11.5 Å². The van der Waals surface area contributed by atoms with Crippen LogP contribution in [-0.4, -0.2) is 53.6 Å². The van der Waals surface area contributed by atoms with E-state index in [9.17, 15) is 4.79 Å². The van der Waals surface area contributed by atoms with Crippen LogP contribution < -0.4 is 10.1 Å². The topological polar surface area (TPSA) is 70.8 Å². The van der Waals surface area contributed by atoms with Crippen molar-refractivity contribution in [3.05, 3.63) is 72.1 Å². The fourth-order valence-corrected chi connectivity index (χ4v) is 3.46. The Labute approximate surface area is 176 Å². The third-order valence-electron chi connectivity index (χ3n) is 5.01. The zero-order chi connectivity index (χ0) is 20.8. The molecule has 1 aromatic heterocycles. The van der Waals surface area contributed by atoms with Gasteiger partial charge in [-0.25, -0.2) is 0 Å². The molecule has 1 N–H and O–H groups in total. The van der Waals surface area contributed by atoms with Crippen molar-refractivity contribution in [3.8, 4) is 11.5 Å². The molecule has 0 unspecified atom stereocenters. The van der Waals surface area contributed by atoms with Crippen LogP contribution in [0.25, 0.3) is 0 Å². The summed E-state index contributed by atoms with van der Waals surface area (Å²) in [5.41, 5.74) is 1.72. The SMILES string of the molecule is Cc1cc(CN2CCN(CC(=O)Nc3ccc(Oc4ccccc4)cc3)CC2)no1. The third kappa shape index (κ3) is 5.68. The number of para-hydroxylation sites is 1. The molecule has 1 fully saturated rings. The first-order chi connectivity index (χ1) is 14.6. The molecule has 4 rings (SSSR count). The molecule has 30 heavy (non-hydrogen) atoms. The van der Waals surface area contributed by atoms with Gasteiger partial charge in [-0.1, -0.05) is 23.4 Å². The summed E-state index contributed by atoms with van der Waals surface area (Å²) in [6.45, 7) is 6.60. The van der Waals surface area contributed by atoms with Gasteiger partial charge in [0.15, 0.2) is 0 Å². The van der Waals surface area contributed by atoms with E-state index in [1.54, 1.807) is 0 Å². The van der Waals surface area contributed by atoms with Gasteiger partial charge >= 0.3 is 0 Å². The highest BCUT2D eigenvalue weighted by molar-refractivity contribution is 5.92. The average molecular weight is 406 g/mol. The number of benzene rings is 2. The van der Waals surface area contributed by atoms with E-state index in [-0.39, 0.29) is 5.91 Å². The molecule has 0 radical (unpaired) electrons. The fourth-order valence-electron chi connectivity index (χ4n) is 3.46. The normalized spacial score (nSPS) is 15.1. The maximum absolute atomic E-state index is 12.4. The van der Waals surface area contributed by atoms with Crippen molar-refractivity contribution in [2.75, 3.05) is 38.0 Å². The second-order valence-corrected chi connectivity index (χ2v) is 7.47.